The lowest BCUT2D eigenvalue weighted by Crippen LogP contribution is -2.35. The van der Waals surface area contributed by atoms with Crippen LogP contribution >= 0.6 is 0 Å². The van der Waals surface area contributed by atoms with Gasteiger partial charge in [0, 0.05) is 6.54 Å². The fourth-order valence-corrected chi connectivity index (χ4v) is 3.92. The largest absolute Gasteiger partial charge is 0.284 e. The molecule has 0 N–H and O–H groups in total. The molecule has 0 atom stereocenters. The minimum Gasteiger partial charge on any atom is -0.284 e. The molecular formula is C10H11N3O3S2. The Morgan fingerprint density at radius 2 is 2.17 bits per heavy atom. The van der Waals surface area contributed by atoms with Crippen molar-refractivity contribution in [1.82, 2.24) is 4.47 Å². The van der Waals surface area contributed by atoms with Gasteiger partial charge in [-0.05, 0) is 25.0 Å². The molecule has 1 aromatic rings. The highest BCUT2D eigenvalue weighted by atomic mass is 32.2. The minimum absolute atomic E-state index is 0.163. The van der Waals surface area contributed by atoms with Crippen molar-refractivity contribution >= 4 is 32.8 Å². The van der Waals surface area contributed by atoms with Crippen molar-refractivity contribution in [3.05, 3.63) is 18.2 Å². The van der Waals surface area contributed by atoms with Crippen LogP contribution in [0.1, 0.15) is 12.8 Å². The van der Waals surface area contributed by atoms with Gasteiger partial charge in [0.1, 0.15) is 16.3 Å². The molecule has 96 valence electrons. The van der Waals surface area contributed by atoms with Crippen LogP contribution in [0, 0.1) is 0 Å². The van der Waals surface area contributed by atoms with E-state index in [2.05, 4.69) is 8.73 Å². The van der Waals surface area contributed by atoms with Gasteiger partial charge < -0.3 is 0 Å². The maximum absolute atomic E-state index is 12.4. The quantitative estimate of drug-likeness (QED) is 0.848. The number of hydrogen-bond donors (Lipinski definition) is 0. The molecule has 0 spiro atoms. The van der Waals surface area contributed by atoms with Crippen LogP contribution in [0.2, 0.25) is 0 Å². The molecule has 2 heterocycles. The van der Waals surface area contributed by atoms with E-state index in [-0.39, 0.29) is 4.90 Å². The van der Waals surface area contributed by atoms with Crippen LogP contribution < -0.4 is 0 Å². The minimum atomic E-state index is -3.64. The zero-order valence-electron chi connectivity index (χ0n) is 9.44. The van der Waals surface area contributed by atoms with Crippen LogP contribution in [0.25, 0.3) is 0 Å². The maximum atomic E-state index is 12.4. The van der Waals surface area contributed by atoms with Gasteiger partial charge >= 0.3 is 0 Å². The summed E-state index contributed by atoms with van der Waals surface area (Å²) in [5, 5.41) is 0. The molecule has 0 saturated carbocycles. The highest BCUT2D eigenvalue weighted by Gasteiger charge is 2.31. The Balaban J connectivity index is 2.04. The second-order valence-electron chi connectivity index (χ2n) is 3.96. The normalized spacial score (nSPS) is 19.6. The first-order valence-corrected chi connectivity index (χ1v) is 7.73. The number of rotatable bonds is 2. The van der Waals surface area contributed by atoms with E-state index in [1.165, 1.54) is 6.07 Å². The van der Waals surface area contributed by atoms with Crippen molar-refractivity contribution in [3.8, 4) is 0 Å². The van der Waals surface area contributed by atoms with Crippen LogP contribution in [-0.4, -0.2) is 26.0 Å². The number of hydroxylamine groups is 1. The lowest BCUT2D eigenvalue weighted by atomic mass is 10.3. The second kappa shape index (κ2) is 4.54. The van der Waals surface area contributed by atoms with Crippen molar-refractivity contribution < 1.29 is 13.3 Å². The van der Waals surface area contributed by atoms with Crippen molar-refractivity contribution in [2.75, 3.05) is 13.2 Å². The summed E-state index contributed by atoms with van der Waals surface area (Å²) in [4.78, 5) is 5.39. The Morgan fingerprint density at radius 1 is 1.28 bits per heavy atom. The van der Waals surface area contributed by atoms with Gasteiger partial charge in [-0.2, -0.15) is 8.73 Å². The van der Waals surface area contributed by atoms with Gasteiger partial charge in [-0.15, -0.1) is 0 Å². The van der Waals surface area contributed by atoms with E-state index in [4.69, 9.17) is 4.84 Å². The first-order chi connectivity index (χ1) is 8.69. The molecule has 0 bridgehead atoms. The van der Waals surface area contributed by atoms with E-state index < -0.39 is 10.0 Å². The molecule has 1 fully saturated rings. The first kappa shape index (κ1) is 12.0. The standard InChI is InChI=1S/C10H11N3O3S2/c14-18(15,13-6-1-2-7-16-13)9-5-3-4-8-10(9)12-17-11-8/h3-5H,1-2,6-7H2. The van der Waals surface area contributed by atoms with Gasteiger partial charge in [-0.25, -0.2) is 8.42 Å². The number of hydrogen-bond acceptors (Lipinski definition) is 5. The number of nitrogens with zero attached hydrogens (tertiary/aromatic N) is 3. The molecule has 0 aromatic heterocycles. The van der Waals surface area contributed by atoms with E-state index in [9.17, 15) is 8.42 Å². The van der Waals surface area contributed by atoms with E-state index in [0.29, 0.717) is 24.5 Å². The average Bonchev–Trinajstić information content (AvgIpc) is 2.87. The average molecular weight is 285 g/mol. The third-order valence-corrected chi connectivity index (χ3v) is 5.02. The molecule has 18 heavy (non-hydrogen) atoms. The highest BCUT2D eigenvalue weighted by Crippen LogP contribution is 2.38. The zero-order chi connectivity index (χ0) is 12.6. The second-order valence-corrected chi connectivity index (χ2v) is 6.29. The third-order valence-electron chi connectivity index (χ3n) is 2.77. The summed E-state index contributed by atoms with van der Waals surface area (Å²) in [6, 6.07) is 4.95. The third kappa shape index (κ3) is 1.91. The molecular weight excluding hydrogens is 274 g/mol. The summed E-state index contributed by atoms with van der Waals surface area (Å²) >= 11 is 1.01. The van der Waals surface area contributed by atoms with Crippen LogP contribution in [0.5, 0.6) is 0 Å². The molecule has 1 aromatic carbocycles. The van der Waals surface area contributed by atoms with E-state index in [1.54, 1.807) is 12.1 Å². The molecule has 8 heteroatoms. The first-order valence-electron chi connectivity index (χ1n) is 5.56. The summed E-state index contributed by atoms with van der Waals surface area (Å²) in [6.45, 7) is 0.820. The van der Waals surface area contributed by atoms with Gasteiger partial charge in [0.2, 0.25) is 0 Å². The molecule has 2 aliphatic rings. The molecule has 0 aliphatic carbocycles. The summed E-state index contributed by atoms with van der Waals surface area (Å²) in [5.74, 6) is 0. The topological polar surface area (TPSA) is 71.3 Å². The van der Waals surface area contributed by atoms with Gasteiger partial charge in [-0.3, -0.25) is 4.84 Å². The number of sulfonamides is 1. The molecule has 0 amide bonds. The lowest BCUT2D eigenvalue weighted by molar-refractivity contribution is -0.108. The smallest absolute Gasteiger partial charge is 0.267 e. The summed E-state index contributed by atoms with van der Waals surface area (Å²) in [5.41, 5.74) is 1.01. The van der Waals surface area contributed by atoms with E-state index in [1.807, 2.05) is 0 Å². The van der Waals surface area contributed by atoms with Gasteiger partial charge in [0.25, 0.3) is 10.0 Å². The molecule has 1 saturated heterocycles. The molecule has 3 rings (SSSR count). The van der Waals surface area contributed by atoms with Crippen LogP contribution in [-0.2, 0) is 26.2 Å². The van der Waals surface area contributed by atoms with Gasteiger partial charge in [0.05, 0.1) is 18.0 Å². The predicted octanol–water partition coefficient (Wildman–Crippen LogP) is 2.13. The van der Waals surface area contributed by atoms with E-state index in [0.717, 1.165) is 28.7 Å². The monoisotopic (exact) mass is 285 g/mol. The molecule has 0 radical (unpaired) electrons. The van der Waals surface area contributed by atoms with E-state index >= 15 is 0 Å². The number of benzene rings is 1. The van der Waals surface area contributed by atoms with Crippen LogP contribution in [0.3, 0.4) is 0 Å². The maximum Gasteiger partial charge on any atom is 0.267 e. The number of fused-ring (bicyclic) bond motifs is 1. The Morgan fingerprint density at radius 3 is 2.94 bits per heavy atom. The predicted molar refractivity (Wildman–Crippen MR) is 67.1 cm³/mol. The molecule has 2 aliphatic heterocycles. The summed E-state index contributed by atoms with van der Waals surface area (Å²) < 4.78 is 34.0. The van der Waals surface area contributed by atoms with Crippen molar-refractivity contribution in [3.63, 3.8) is 0 Å². The van der Waals surface area contributed by atoms with Gasteiger partial charge in [-0.1, -0.05) is 10.5 Å². The SMILES string of the molecule is O=S(=O)(c1cccc2c1N=S=N2)N1CCCCO1. The van der Waals surface area contributed by atoms with Gasteiger partial charge in [0.15, 0.2) is 0 Å². The Bertz CT molecular complexity index is 644. The Labute approximate surface area is 108 Å². The fraction of sp³-hybridized carbons (Fsp3) is 0.400. The lowest BCUT2D eigenvalue weighted by Gasteiger charge is -2.25. The van der Waals surface area contributed by atoms with Crippen molar-refractivity contribution in [2.45, 2.75) is 17.7 Å². The Kier molecular flexibility index (Phi) is 3.02. The summed E-state index contributed by atoms with van der Waals surface area (Å²) in [7, 11) is -3.64. The van der Waals surface area contributed by atoms with Crippen LogP contribution in [0.15, 0.2) is 31.8 Å². The fourth-order valence-electron chi connectivity index (χ4n) is 1.86. The molecule has 0 unspecified atom stereocenters. The van der Waals surface area contributed by atoms with Crippen LogP contribution in [0.4, 0.5) is 11.4 Å². The Hall–Kier alpha value is -1.09. The zero-order valence-corrected chi connectivity index (χ0v) is 11.1. The molecule has 6 nitrogen and oxygen atoms in total. The van der Waals surface area contributed by atoms with Crippen molar-refractivity contribution in [1.29, 1.82) is 0 Å². The summed E-state index contributed by atoms with van der Waals surface area (Å²) in [6.07, 6.45) is 1.69. The highest BCUT2D eigenvalue weighted by molar-refractivity contribution is 7.89. The van der Waals surface area contributed by atoms with Crippen molar-refractivity contribution in [2.24, 2.45) is 8.73 Å².